The Morgan fingerprint density at radius 1 is 1.46 bits per heavy atom. The van der Waals surface area contributed by atoms with E-state index in [0.717, 1.165) is 0 Å². The summed E-state index contributed by atoms with van der Waals surface area (Å²) in [5.74, 6) is -3.35. The number of aliphatic carboxylic acids is 1. The molecule has 0 spiro atoms. The molecule has 13 heavy (non-hydrogen) atoms. The van der Waals surface area contributed by atoms with Crippen molar-refractivity contribution in [3.63, 3.8) is 0 Å². The Morgan fingerprint density at radius 3 is 2.38 bits per heavy atom. The Labute approximate surface area is 74.6 Å². The quantitative estimate of drug-likeness (QED) is 0.549. The third-order valence-electron chi connectivity index (χ3n) is 1.76. The minimum absolute atomic E-state index is 0.0231. The molecule has 0 aromatic rings. The van der Waals surface area contributed by atoms with Crippen LogP contribution in [-0.4, -0.2) is 36.5 Å². The molecule has 1 amide bonds. The highest BCUT2D eigenvalue weighted by Crippen LogP contribution is 2.14. The van der Waals surface area contributed by atoms with Gasteiger partial charge in [-0.1, -0.05) is 0 Å². The van der Waals surface area contributed by atoms with Gasteiger partial charge in [0.25, 0.3) is 0 Å². The van der Waals surface area contributed by atoms with Crippen LogP contribution in [0.3, 0.4) is 0 Å². The smallest absolute Gasteiger partial charge is 0.316 e. The van der Waals surface area contributed by atoms with Gasteiger partial charge in [0.2, 0.25) is 5.91 Å². The number of rotatable bonds is 4. The van der Waals surface area contributed by atoms with Gasteiger partial charge in [0.1, 0.15) is 5.92 Å². The Kier molecular flexibility index (Phi) is 3.21. The lowest BCUT2D eigenvalue weighted by molar-refractivity contribution is -0.150. The van der Waals surface area contributed by atoms with Crippen LogP contribution < -0.4 is 5.73 Å². The van der Waals surface area contributed by atoms with Gasteiger partial charge in [-0.2, -0.15) is 0 Å². The van der Waals surface area contributed by atoms with E-state index in [1.165, 1.54) is 0 Å². The minimum Gasteiger partial charge on any atom is -0.481 e. The van der Waals surface area contributed by atoms with E-state index in [-0.39, 0.29) is 6.42 Å². The van der Waals surface area contributed by atoms with Crippen LogP contribution >= 0.6 is 0 Å². The van der Waals surface area contributed by atoms with Crippen LogP contribution in [0.4, 0.5) is 0 Å². The standard InChI is InChI=1S/C7H11NO5/c8-6(9)4(7(10)11)3-5-12-1-2-13-5/h4-5H,1-3H2,(H2,8,9)(H,10,11). The van der Waals surface area contributed by atoms with Crippen LogP contribution in [0.1, 0.15) is 6.42 Å². The third kappa shape index (κ3) is 2.67. The monoisotopic (exact) mass is 189 g/mol. The number of ether oxygens (including phenoxy) is 2. The van der Waals surface area contributed by atoms with Crippen molar-refractivity contribution < 1.29 is 24.2 Å². The fourth-order valence-electron chi connectivity index (χ4n) is 1.07. The number of carbonyl (C=O) groups excluding carboxylic acids is 1. The number of primary amides is 1. The Balaban J connectivity index is 2.46. The van der Waals surface area contributed by atoms with Gasteiger partial charge in [-0.3, -0.25) is 9.59 Å². The second-order valence-corrected chi connectivity index (χ2v) is 2.70. The summed E-state index contributed by atoms with van der Waals surface area (Å²) in [6.07, 6.45) is -0.640. The SMILES string of the molecule is NC(=O)C(CC1OCCO1)C(=O)O. The van der Waals surface area contributed by atoms with Crippen LogP contribution in [0.5, 0.6) is 0 Å². The zero-order chi connectivity index (χ0) is 9.84. The molecule has 0 aliphatic carbocycles. The molecule has 0 saturated carbocycles. The molecule has 1 aliphatic rings. The van der Waals surface area contributed by atoms with Gasteiger partial charge in [0.15, 0.2) is 6.29 Å². The molecule has 0 bridgehead atoms. The van der Waals surface area contributed by atoms with Crippen LogP contribution in [0, 0.1) is 5.92 Å². The highest BCUT2D eigenvalue weighted by molar-refractivity contribution is 5.95. The van der Waals surface area contributed by atoms with E-state index in [1.54, 1.807) is 0 Å². The van der Waals surface area contributed by atoms with Crippen molar-refractivity contribution in [2.24, 2.45) is 11.7 Å². The van der Waals surface area contributed by atoms with Crippen molar-refractivity contribution in [3.05, 3.63) is 0 Å². The van der Waals surface area contributed by atoms with Crippen molar-refractivity contribution in [1.82, 2.24) is 0 Å². The fourth-order valence-corrected chi connectivity index (χ4v) is 1.07. The second kappa shape index (κ2) is 4.20. The first kappa shape index (κ1) is 9.94. The van der Waals surface area contributed by atoms with E-state index < -0.39 is 24.1 Å². The summed E-state index contributed by atoms with van der Waals surface area (Å²) >= 11 is 0. The number of carboxylic acids is 1. The van der Waals surface area contributed by atoms with Gasteiger partial charge < -0.3 is 20.3 Å². The van der Waals surface area contributed by atoms with E-state index >= 15 is 0 Å². The molecular formula is C7H11NO5. The summed E-state index contributed by atoms with van der Waals surface area (Å²) in [5, 5.41) is 8.59. The largest absolute Gasteiger partial charge is 0.481 e. The highest BCUT2D eigenvalue weighted by atomic mass is 16.7. The number of carbonyl (C=O) groups is 2. The molecule has 0 aromatic carbocycles. The summed E-state index contributed by atoms with van der Waals surface area (Å²) in [5.41, 5.74) is 4.88. The molecule has 1 saturated heterocycles. The summed E-state index contributed by atoms with van der Waals surface area (Å²) in [6.45, 7) is 0.853. The van der Waals surface area contributed by atoms with Crippen molar-refractivity contribution in [3.8, 4) is 0 Å². The minimum atomic E-state index is -1.24. The molecule has 1 aliphatic heterocycles. The average molecular weight is 189 g/mol. The van der Waals surface area contributed by atoms with Gasteiger partial charge in [0.05, 0.1) is 13.2 Å². The summed E-state index contributed by atoms with van der Waals surface area (Å²) < 4.78 is 9.98. The molecule has 1 heterocycles. The molecule has 6 heteroatoms. The van der Waals surface area contributed by atoms with Crippen LogP contribution in [0.25, 0.3) is 0 Å². The molecule has 1 fully saturated rings. The molecule has 1 atom stereocenters. The van der Waals surface area contributed by atoms with E-state index in [2.05, 4.69) is 0 Å². The zero-order valence-corrected chi connectivity index (χ0v) is 6.93. The maximum absolute atomic E-state index is 10.7. The predicted octanol–water partition coefficient (Wildman–Crippen LogP) is -1.06. The maximum Gasteiger partial charge on any atom is 0.316 e. The first-order valence-corrected chi connectivity index (χ1v) is 3.86. The molecule has 6 nitrogen and oxygen atoms in total. The van der Waals surface area contributed by atoms with Gasteiger partial charge >= 0.3 is 5.97 Å². The third-order valence-corrected chi connectivity index (χ3v) is 1.76. The Hall–Kier alpha value is -1.14. The Bertz CT molecular complexity index is 197. The topological polar surface area (TPSA) is 98.9 Å². The van der Waals surface area contributed by atoms with Gasteiger partial charge in [-0.05, 0) is 0 Å². The summed E-state index contributed by atoms with van der Waals surface area (Å²) in [7, 11) is 0. The summed E-state index contributed by atoms with van der Waals surface area (Å²) in [6, 6.07) is 0. The zero-order valence-electron chi connectivity index (χ0n) is 6.93. The average Bonchev–Trinajstić information content (AvgIpc) is 2.50. The molecule has 0 radical (unpaired) electrons. The van der Waals surface area contributed by atoms with Crippen LogP contribution in [0.15, 0.2) is 0 Å². The molecule has 3 N–H and O–H groups in total. The van der Waals surface area contributed by atoms with Gasteiger partial charge in [-0.15, -0.1) is 0 Å². The van der Waals surface area contributed by atoms with Crippen molar-refractivity contribution in [1.29, 1.82) is 0 Å². The molecule has 74 valence electrons. The molecule has 1 rings (SSSR count). The fraction of sp³-hybridized carbons (Fsp3) is 0.714. The van der Waals surface area contributed by atoms with E-state index in [4.69, 9.17) is 20.3 Å². The lowest BCUT2D eigenvalue weighted by atomic mass is 10.1. The number of hydrogen-bond donors (Lipinski definition) is 2. The first-order chi connectivity index (χ1) is 6.11. The van der Waals surface area contributed by atoms with Gasteiger partial charge in [-0.25, -0.2) is 0 Å². The van der Waals surface area contributed by atoms with Crippen molar-refractivity contribution in [2.45, 2.75) is 12.7 Å². The number of amides is 1. The highest BCUT2D eigenvalue weighted by Gasteiger charge is 2.30. The lowest BCUT2D eigenvalue weighted by Gasteiger charge is -2.12. The normalized spacial score (nSPS) is 20.0. The Morgan fingerprint density at radius 2 is 2.00 bits per heavy atom. The molecular weight excluding hydrogens is 178 g/mol. The van der Waals surface area contributed by atoms with E-state index in [0.29, 0.717) is 13.2 Å². The van der Waals surface area contributed by atoms with E-state index in [1.807, 2.05) is 0 Å². The van der Waals surface area contributed by atoms with Crippen molar-refractivity contribution in [2.75, 3.05) is 13.2 Å². The molecule has 0 aromatic heterocycles. The molecule has 1 unspecified atom stereocenters. The van der Waals surface area contributed by atoms with Gasteiger partial charge in [0, 0.05) is 6.42 Å². The lowest BCUT2D eigenvalue weighted by Crippen LogP contribution is -2.33. The number of nitrogens with two attached hydrogens (primary N) is 1. The van der Waals surface area contributed by atoms with Crippen LogP contribution in [-0.2, 0) is 19.1 Å². The predicted molar refractivity (Wildman–Crippen MR) is 40.6 cm³/mol. The first-order valence-electron chi connectivity index (χ1n) is 3.86. The number of carboxylic acid groups (broad SMARTS) is 1. The second-order valence-electron chi connectivity index (χ2n) is 2.70. The van der Waals surface area contributed by atoms with Crippen molar-refractivity contribution >= 4 is 11.9 Å². The van der Waals surface area contributed by atoms with Crippen LogP contribution in [0.2, 0.25) is 0 Å². The van der Waals surface area contributed by atoms with E-state index in [9.17, 15) is 9.59 Å². The summed E-state index contributed by atoms with van der Waals surface area (Å²) in [4.78, 5) is 21.2. The maximum atomic E-state index is 10.7. The number of hydrogen-bond acceptors (Lipinski definition) is 4.